The van der Waals surface area contributed by atoms with Crippen molar-refractivity contribution < 1.29 is 28.2 Å². The first kappa shape index (κ1) is 26.9. The molecule has 1 aliphatic rings. The number of hydrogen-bond donors (Lipinski definition) is 2. The summed E-state index contributed by atoms with van der Waals surface area (Å²) >= 11 is 0. The van der Waals surface area contributed by atoms with E-state index in [0.717, 1.165) is 24.6 Å². The Bertz CT molecular complexity index is 1580. The van der Waals surface area contributed by atoms with E-state index in [2.05, 4.69) is 26.6 Å². The quantitative estimate of drug-likeness (QED) is 0.331. The molecule has 0 spiro atoms. The summed E-state index contributed by atoms with van der Waals surface area (Å²) in [5, 5.41) is 5.75. The van der Waals surface area contributed by atoms with Gasteiger partial charge in [0.2, 0.25) is 0 Å². The van der Waals surface area contributed by atoms with Crippen molar-refractivity contribution in [3.63, 3.8) is 0 Å². The Balaban J connectivity index is 1.24. The standard InChI is InChI=1S/C30H29FN4O5/c1-35-13-11-18-6-4-5-7-20(18)24(35)17-33-29(36)30(37)34-19-8-9-26(22(31)14-19)40-25-10-12-32-23-16-28(39-3)27(38-2)15-21(23)25/h4-10,12,14-16,24H,11,13,17H2,1-3H3,(H,33,36)(H,34,37). The lowest BCUT2D eigenvalue weighted by Crippen LogP contribution is -2.43. The average molecular weight is 545 g/mol. The summed E-state index contributed by atoms with van der Waals surface area (Å²) in [4.78, 5) is 31.5. The van der Waals surface area contributed by atoms with Crippen molar-refractivity contribution in [3.05, 3.63) is 83.8 Å². The van der Waals surface area contributed by atoms with Gasteiger partial charge in [-0.2, -0.15) is 0 Å². The molecule has 1 aromatic heterocycles. The van der Waals surface area contributed by atoms with Crippen LogP contribution in [0, 0.1) is 5.82 Å². The fourth-order valence-corrected chi connectivity index (χ4v) is 4.82. The zero-order valence-corrected chi connectivity index (χ0v) is 22.4. The third-order valence-electron chi connectivity index (χ3n) is 6.96. The molecule has 0 aliphatic carbocycles. The zero-order valence-electron chi connectivity index (χ0n) is 22.4. The molecule has 9 nitrogen and oxygen atoms in total. The van der Waals surface area contributed by atoms with E-state index >= 15 is 0 Å². The zero-order chi connectivity index (χ0) is 28.2. The van der Waals surface area contributed by atoms with Crippen LogP contribution in [-0.4, -0.2) is 56.1 Å². The molecular weight excluding hydrogens is 515 g/mol. The van der Waals surface area contributed by atoms with Gasteiger partial charge < -0.3 is 24.8 Å². The Morgan fingerprint density at radius 2 is 1.75 bits per heavy atom. The molecule has 1 atom stereocenters. The first-order valence-electron chi connectivity index (χ1n) is 12.7. The smallest absolute Gasteiger partial charge is 0.313 e. The van der Waals surface area contributed by atoms with Crippen LogP contribution >= 0.6 is 0 Å². The van der Waals surface area contributed by atoms with E-state index in [1.807, 2.05) is 25.2 Å². The van der Waals surface area contributed by atoms with Gasteiger partial charge in [0.1, 0.15) is 5.75 Å². The van der Waals surface area contributed by atoms with E-state index in [0.29, 0.717) is 28.2 Å². The maximum Gasteiger partial charge on any atom is 0.313 e. The number of carbonyl (C=O) groups excluding carboxylic acids is 2. The minimum Gasteiger partial charge on any atom is -0.493 e. The first-order valence-corrected chi connectivity index (χ1v) is 12.7. The second kappa shape index (κ2) is 11.6. The molecule has 2 amide bonds. The van der Waals surface area contributed by atoms with E-state index in [4.69, 9.17) is 14.2 Å². The summed E-state index contributed by atoms with van der Waals surface area (Å²) in [5.41, 5.74) is 3.07. The minimum atomic E-state index is -0.888. The summed E-state index contributed by atoms with van der Waals surface area (Å²) in [5.74, 6) is -1.14. The summed E-state index contributed by atoms with van der Waals surface area (Å²) < 4.78 is 31.5. The molecule has 40 heavy (non-hydrogen) atoms. The lowest BCUT2D eigenvalue weighted by atomic mass is 9.93. The van der Waals surface area contributed by atoms with Gasteiger partial charge in [-0.25, -0.2) is 4.39 Å². The number of halogens is 1. The summed E-state index contributed by atoms with van der Waals surface area (Å²) in [7, 11) is 5.03. The van der Waals surface area contributed by atoms with Crippen molar-refractivity contribution in [2.24, 2.45) is 0 Å². The number of pyridine rings is 1. The van der Waals surface area contributed by atoms with Crippen LogP contribution in [-0.2, 0) is 16.0 Å². The molecular formula is C30H29FN4O5. The van der Waals surface area contributed by atoms with E-state index in [1.165, 1.54) is 31.9 Å². The van der Waals surface area contributed by atoms with Crippen LogP contribution in [0.25, 0.3) is 10.9 Å². The van der Waals surface area contributed by atoms with Crippen LogP contribution in [0.3, 0.4) is 0 Å². The molecule has 10 heteroatoms. The number of aromatic nitrogens is 1. The second-order valence-corrected chi connectivity index (χ2v) is 9.39. The highest BCUT2D eigenvalue weighted by atomic mass is 19.1. The minimum absolute atomic E-state index is 0.0408. The Kier molecular flexibility index (Phi) is 7.79. The van der Waals surface area contributed by atoms with Crippen molar-refractivity contribution in [1.82, 2.24) is 15.2 Å². The first-order chi connectivity index (χ1) is 19.4. The number of methoxy groups -OCH3 is 2. The van der Waals surface area contributed by atoms with Crippen LogP contribution in [0.2, 0.25) is 0 Å². The van der Waals surface area contributed by atoms with Crippen molar-refractivity contribution in [3.8, 4) is 23.0 Å². The topological polar surface area (TPSA) is 102 Å². The number of likely N-dealkylation sites (N-methyl/N-ethyl adjacent to an activating group) is 1. The highest BCUT2D eigenvalue weighted by molar-refractivity contribution is 6.39. The maximum atomic E-state index is 15.0. The number of rotatable bonds is 7. The van der Waals surface area contributed by atoms with E-state index in [1.54, 1.807) is 24.4 Å². The number of fused-ring (bicyclic) bond motifs is 2. The van der Waals surface area contributed by atoms with Gasteiger partial charge in [-0.1, -0.05) is 24.3 Å². The monoisotopic (exact) mass is 544 g/mol. The van der Waals surface area contributed by atoms with Gasteiger partial charge in [-0.3, -0.25) is 19.5 Å². The molecule has 1 unspecified atom stereocenters. The van der Waals surface area contributed by atoms with Gasteiger partial charge in [0.05, 0.1) is 25.8 Å². The highest BCUT2D eigenvalue weighted by Crippen LogP contribution is 2.37. The van der Waals surface area contributed by atoms with Crippen molar-refractivity contribution in [2.45, 2.75) is 12.5 Å². The number of ether oxygens (including phenoxy) is 3. The number of hydrogen-bond acceptors (Lipinski definition) is 7. The fourth-order valence-electron chi connectivity index (χ4n) is 4.82. The van der Waals surface area contributed by atoms with Gasteiger partial charge in [0.15, 0.2) is 23.1 Å². The molecule has 5 rings (SSSR count). The molecule has 0 saturated heterocycles. The lowest BCUT2D eigenvalue weighted by Gasteiger charge is -2.34. The predicted molar refractivity (Wildman–Crippen MR) is 148 cm³/mol. The number of amides is 2. The largest absolute Gasteiger partial charge is 0.493 e. The SMILES string of the molecule is COc1cc2nccc(Oc3ccc(NC(=O)C(=O)NCC4c5ccccc5CCN4C)cc3F)c2cc1OC. The third kappa shape index (κ3) is 5.52. The molecule has 0 bridgehead atoms. The molecule has 0 saturated carbocycles. The molecule has 2 N–H and O–H groups in total. The van der Waals surface area contributed by atoms with Crippen LogP contribution < -0.4 is 24.8 Å². The second-order valence-electron chi connectivity index (χ2n) is 9.39. The van der Waals surface area contributed by atoms with Gasteiger partial charge in [-0.05, 0) is 48.9 Å². The fraction of sp³-hybridized carbons (Fsp3) is 0.233. The number of carbonyl (C=O) groups is 2. The van der Waals surface area contributed by atoms with Crippen molar-refractivity contribution in [1.29, 1.82) is 0 Å². The van der Waals surface area contributed by atoms with Crippen molar-refractivity contribution >= 4 is 28.4 Å². The summed E-state index contributed by atoms with van der Waals surface area (Å²) in [6.07, 6.45) is 2.47. The normalized spacial score (nSPS) is 14.8. The Morgan fingerprint density at radius 1 is 0.975 bits per heavy atom. The van der Waals surface area contributed by atoms with Gasteiger partial charge in [-0.15, -0.1) is 0 Å². The number of nitrogens with one attached hydrogen (secondary N) is 2. The Hall–Kier alpha value is -4.70. The Labute approximate surface area is 230 Å². The number of nitrogens with zero attached hydrogens (tertiary/aromatic N) is 2. The molecule has 206 valence electrons. The number of anilines is 1. The van der Waals surface area contributed by atoms with E-state index < -0.39 is 17.6 Å². The van der Waals surface area contributed by atoms with Gasteiger partial charge >= 0.3 is 11.8 Å². The van der Waals surface area contributed by atoms with Crippen LogP contribution in [0.4, 0.5) is 10.1 Å². The third-order valence-corrected chi connectivity index (χ3v) is 6.96. The predicted octanol–water partition coefficient (Wildman–Crippen LogP) is 4.47. The molecule has 4 aromatic rings. The molecule has 0 radical (unpaired) electrons. The molecule has 1 aliphatic heterocycles. The lowest BCUT2D eigenvalue weighted by molar-refractivity contribution is -0.136. The average Bonchev–Trinajstić information content (AvgIpc) is 2.97. The molecule has 0 fully saturated rings. The van der Waals surface area contributed by atoms with Crippen LogP contribution in [0.5, 0.6) is 23.0 Å². The van der Waals surface area contributed by atoms with Crippen LogP contribution in [0.15, 0.2) is 66.9 Å². The van der Waals surface area contributed by atoms with E-state index in [-0.39, 0.29) is 24.0 Å². The molecule has 3 aromatic carbocycles. The van der Waals surface area contributed by atoms with Gasteiger partial charge in [0, 0.05) is 42.5 Å². The highest BCUT2D eigenvalue weighted by Gasteiger charge is 2.26. The van der Waals surface area contributed by atoms with Crippen LogP contribution in [0.1, 0.15) is 17.2 Å². The Morgan fingerprint density at radius 3 is 2.52 bits per heavy atom. The van der Waals surface area contributed by atoms with Crippen molar-refractivity contribution in [2.75, 3.05) is 39.7 Å². The number of benzene rings is 3. The van der Waals surface area contributed by atoms with E-state index in [9.17, 15) is 14.0 Å². The summed E-state index contributed by atoms with van der Waals surface area (Å²) in [6, 6.07) is 17.0. The van der Waals surface area contributed by atoms with Gasteiger partial charge in [0.25, 0.3) is 0 Å². The maximum absolute atomic E-state index is 15.0. The summed E-state index contributed by atoms with van der Waals surface area (Å²) in [6.45, 7) is 1.13. The molecule has 2 heterocycles.